The quantitative estimate of drug-likeness (QED) is 0.534. The monoisotopic (exact) mass is 406 g/mol. The molecule has 0 radical (unpaired) electrons. The van der Waals surface area contributed by atoms with Crippen molar-refractivity contribution in [1.82, 2.24) is 20.1 Å². The van der Waals surface area contributed by atoms with Crippen molar-refractivity contribution in [1.29, 1.82) is 0 Å². The van der Waals surface area contributed by atoms with Gasteiger partial charge in [0.1, 0.15) is 0 Å². The fourth-order valence-electron chi connectivity index (χ4n) is 3.52. The Morgan fingerprint density at radius 3 is 2.50 bits per heavy atom. The molecule has 0 aliphatic rings. The van der Waals surface area contributed by atoms with E-state index in [1.54, 1.807) is 24.7 Å². The van der Waals surface area contributed by atoms with Crippen LogP contribution in [-0.4, -0.2) is 20.7 Å². The predicted molar refractivity (Wildman–Crippen MR) is 111 cm³/mol. The third kappa shape index (κ3) is 3.54. The summed E-state index contributed by atoms with van der Waals surface area (Å²) in [5, 5.41) is 7.94. The molecule has 1 amide bonds. The number of fused-ring (bicyclic) bond motifs is 1. The zero-order valence-corrected chi connectivity index (χ0v) is 16.8. The Labute approximate surface area is 172 Å². The number of nitrogens with zero attached hydrogens (tertiary/aromatic N) is 3. The molecule has 0 saturated carbocycles. The maximum atomic E-state index is 13.6. The molecule has 0 fully saturated rings. The van der Waals surface area contributed by atoms with Gasteiger partial charge in [-0.3, -0.25) is 9.48 Å². The van der Waals surface area contributed by atoms with Crippen molar-refractivity contribution >= 4 is 16.9 Å². The molecule has 0 spiro atoms. The summed E-state index contributed by atoms with van der Waals surface area (Å²) in [5.74, 6) is -2.21. The number of rotatable bonds is 4. The SMILES string of the molecule is Cc1nn(C)c2nc(-c3ccccc3)cc(C(=O)NC(C)c3ccc(F)c(F)c3)c12. The van der Waals surface area contributed by atoms with Crippen LogP contribution in [0.25, 0.3) is 22.3 Å². The number of aromatic nitrogens is 3. The summed E-state index contributed by atoms with van der Waals surface area (Å²) in [6, 6.07) is 14.4. The van der Waals surface area contributed by atoms with Crippen LogP contribution in [0.2, 0.25) is 0 Å². The third-order valence-electron chi connectivity index (χ3n) is 5.07. The number of pyridine rings is 1. The highest BCUT2D eigenvalue weighted by Crippen LogP contribution is 2.27. The second-order valence-corrected chi connectivity index (χ2v) is 7.20. The predicted octanol–water partition coefficient (Wildman–Crippen LogP) is 4.71. The van der Waals surface area contributed by atoms with Gasteiger partial charge in [0.05, 0.1) is 28.4 Å². The average molecular weight is 406 g/mol. The van der Waals surface area contributed by atoms with E-state index in [4.69, 9.17) is 4.98 Å². The first-order valence-corrected chi connectivity index (χ1v) is 9.50. The lowest BCUT2D eigenvalue weighted by Crippen LogP contribution is -2.27. The van der Waals surface area contributed by atoms with E-state index in [0.29, 0.717) is 33.5 Å². The summed E-state index contributed by atoms with van der Waals surface area (Å²) in [6.45, 7) is 3.54. The average Bonchev–Trinajstić information content (AvgIpc) is 3.03. The van der Waals surface area contributed by atoms with E-state index in [0.717, 1.165) is 17.7 Å². The molecule has 30 heavy (non-hydrogen) atoms. The fraction of sp³-hybridized carbons (Fsp3) is 0.174. The Balaban J connectivity index is 1.76. The van der Waals surface area contributed by atoms with Crippen LogP contribution in [0.15, 0.2) is 54.6 Å². The number of carbonyl (C=O) groups is 1. The molecule has 2 heterocycles. The molecule has 1 atom stereocenters. The van der Waals surface area contributed by atoms with Crippen LogP contribution >= 0.6 is 0 Å². The molecule has 2 aromatic carbocycles. The van der Waals surface area contributed by atoms with Crippen molar-refractivity contribution in [3.8, 4) is 11.3 Å². The maximum absolute atomic E-state index is 13.6. The Hall–Kier alpha value is -3.61. The molecule has 0 saturated heterocycles. The van der Waals surface area contributed by atoms with Crippen molar-refractivity contribution in [2.75, 3.05) is 0 Å². The number of amides is 1. The molecule has 7 heteroatoms. The second-order valence-electron chi connectivity index (χ2n) is 7.20. The van der Waals surface area contributed by atoms with Crippen LogP contribution in [0.4, 0.5) is 8.78 Å². The van der Waals surface area contributed by atoms with E-state index in [-0.39, 0.29) is 5.91 Å². The largest absolute Gasteiger partial charge is 0.345 e. The first-order valence-electron chi connectivity index (χ1n) is 9.50. The van der Waals surface area contributed by atoms with Gasteiger partial charge in [-0.25, -0.2) is 13.8 Å². The van der Waals surface area contributed by atoms with E-state index in [9.17, 15) is 13.6 Å². The summed E-state index contributed by atoms with van der Waals surface area (Å²) in [7, 11) is 1.78. The van der Waals surface area contributed by atoms with E-state index in [2.05, 4.69) is 10.4 Å². The molecular weight excluding hydrogens is 386 g/mol. The maximum Gasteiger partial charge on any atom is 0.252 e. The molecule has 0 bridgehead atoms. The van der Waals surface area contributed by atoms with Gasteiger partial charge in [0.2, 0.25) is 0 Å². The lowest BCUT2D eigenvalue weighted by molar-refractivity contribution is 0.0941. The van der Waals surface area contributed by atoms with Crippen molar-refractivity contribution in [2.24, 2.45) is 7.05 Å². The van der Waals surface area contributed by atoms with Gasteiger partial charge in [-0.15, -0.1) is 0 Å². The van der Waals surface area contributed by atoms with Gasteiger partial charge in [0.15, 0.2) is 17.3 Å². The van der Waals surface area contributed by atoms with Gasteiger partial charge in [-0.2, -0.15) is 5.10 Å². The van der Waals surface area contributed by atoms with Gasteiger partial charge in [-0.05, 0) is 37.6 Å². The van der Waals surface area contributed by atoms with E-state index in [1.165, 1.54) is 6.07 Å². The molecule has 0 aliphatic carbocycles. The third-order valence-corrected chi connectivity index (χ3v) is 5.07. The second kappa shape index (κ2) is 7.67. The molecule has 0 aliphatic heterocycles. The highest BCUT2D eigenvalue weighted by molar-refractivity contribution is 6.07. The number of carbonyl (C=O) groups excluding carboxylic acids is 1. The number of hydrogen-bond donors (Lipinski definition) is 1. The van der Waals surface area contributed by atoms with Crippen LogP contribution < -0.4 is 5.32 Å². The Kier molecular flexibility index (Phi) is 5.03. The van der Waals surface area contributed by atoms with Crippen molar-refractivity contribution in [2.45, 2.75) is 19.9 Å². The summed E-state index contributed by atoms with van der Waals surface area (Å²) < 4.78 is 28.5. The molecule has 2 aromatic heterocycles. The van der Waals surface area contributed by atoms with Crippen LogP contribution in [0.5, 0.6) is 0 Å². The normalized spacial score (nSPS) is 12.2. The van der Waals surface area contributed by atoms with Crippen LogP contribution in [0.3, 0.4) is 0 Å². The van der Waals surface area contributed by atoms with E-state index in [1.807, 2.05) is 37.3 Å². The zero-order valence-electron chi connectivity index (χ0n) is 16.8. The highest BCUT2D eigenvalue weighted by atomic mass is 19.2. The molecule has 152 valence electrons. The van der Waals surface area contributed by atoms with Gasteiger partial charge in [-0.1, -0.05) is 36.4 Å². The van der Waals surface area contributed by atoms with Crippen LogP contribution in [-0.2, 0) is 7.05 Å². The smallest absolute Gasteiger partial charge is 0.252 e. The number of aryl methyl sites for hydroxylation is 2. The lowest BCUT2D eigenvalue weighted by Gasteiger charge is -2.16. The summed E-state index contributed by atoms with van der Waals surface area (Å²) >= 11 is 0. The van der Waals surface area contributed by atoms with Crippen LogP contribution in [0, 0.1) is 18.6 Å². The number of nitrogens with one attached hydrogen (secondary N) is 1. The minimum absolute atomic E-state index is 0.340. The lowest BCUT2D eigenvalue weighted by atomic mass is 10.0. The zero-order chi connectivity index (χ0) is 21.4. The number of benzene rings is 2. The number of hydrogen-bond acceptors (Lipinski definition) is 3. The Morgan fingerprint density at radius 2 is 1.80 bits per heavy atom. The van der Waals surface area contributed by atoms with Gasteiger partial charge in [0.25, 0.3) is 5.91 Å². The summed E-state index contributed by atoms with van der Waals surface area (Å²) in [5.41, 5.74) is 3.71. The molecular formula is C23H20F2N4O. The number of halogens is 2. The van der Waals surface area contributed by atoms with Crippen molar-refractivity contribution in [3.63, 3.8) is 0 Å². The molecule has 4 aromatic rings. The standard InChI is InChI=1S/C23H20F2N4O/c1-13(16-9-10-18(24)19(25)11-16)26-23(30)17-12-20(15-7-5-4-6-8-15)27-22-21(17)14(2)28-29(22)3/h4-13H,1-3H3,(H,26,30). The summed E-state index contributed by atoms with van der Waals surface area (Å²) in [4.78, 5) is 17.9. The van der Waals surface area contributed by atoms with E-state index < -0.39 is 17.7 Å². The highest BCUT2D eigenvalue weighted by Gasteiger charge is 2.21. The van der Waals surface area contributed by atoms with Gasteiger partial charge in [0, 0.05) is 12.6 Å². The van der Waals surface area contributed by atoms with Gasteiger partial charge >= 0.3 is 0 Å². The minimum Gasteiger partial charge on any atom is -0.345 e. The van der Waals surface area contributed by atoms with Crippen molar-refractivity contribution < 1.29 is 13.6 Å². The Morgan fingerprint density at radius 1 is 1.07 bits per heavy atom. The van der Waals surface area contributed by atoms with Crippen molar-refractivity contribution in [3.05, 3.63) is 83.1 Å². The molecule has 4 rings (SSSR count). The minimum atomic E-state index is -0.950. The molecule has 1 N–H and O–H groups in total. The fourth-order valence-corrected chi connectivity index (χ4v) is 3.52. The molecule has 5 nitrogen and oxygen atoms in total. The Bertz CT molecular complexity index is 1250. The molecule has 1 unspecified atom stereocenters. The topological polar surface area (TPSA) is 59.8 Å². The first-order chi connectivity index (χ1) is 14.3. The van der Waals surface area contributed by atoms with E-state index >= 15 is 0 Å². The first kappa shape index (κ1) is 19.7. The van der Waals surface area contributed by atoms with Crippen LogP contribution in [0.1, 0.15) is 34.6 Å². The van der Waals surface area contributed by atoms with Gasteiger partial charge < -0.3 is 5.32 Å². The summed E-state index contributed by atoms with van der Waals surface area (Å²) in [6.07, 6.45) is 0.